The van der Waals surface area contributed by atoms with Gasteiger partial charge in [0.15, 0.2) is 5.54 Å². The van der Waals surface area contributed by atoms with Crippen molar-refractivity contribution in [3.63, 3.8) is 0 Å². The zero-order valence-corrected chi connectivity index (χ0v) is 15.4. The van der Waals surface area contributed by atoms with Gasteiger partial charge in [0.05, 0.1) is 17.8 Å². The third kappa shape index (κ3) is 2.81. The quantitative estimate of drug-likeness (QED) is 0.435. The molecule has 1 aliphatic rings. The highest BCUT2D eigenvalue weighted by Gasteiger charge is 2.73. The van der Waals surface area contributed by atoms with Gasteiger partial charge >= 0.3 is 18.3 Å². The van der Waals surface area contributed by atoms with E-state index >= 15 is 0 Å². The number of carbonyl (C=O) groups excluding carboxylic acids is 2. The second-order valence-electron chi connectivity index (χ2n) is 6.75. The molecule has 0 aliphatic carbocycles. The third-order valence-corrected chi connectivity index (χ3v) is 4.98. The van der Waals surface area contributed by atoms with E-state index in [2.05, 4.69) is 15.0 Å². The third-order valence-electron chi connectivity index (χ3n) is 4.98. The first-order valence-electron chi connectivity index (χ1n) is 8.48. The average molecular weight is 436 g/mol. The molecule has 0 saturated heterocycles. The molecule has 6 nitrogen and oxygen atoms in total. The van der Waals surface area contributed by atoms with Crippen molar-refractivity contribution in [2.75, 3.05) is 11.9 Å². The number of benzene rings is 1. The van der Waals surface area contributed by atoms with Gasteiger partial charge in [-0.3, -0.25) is 9.78 Å². The number of fused-ring (bicyclic) bond motifs is 3. The number of alkyl halides is 6. The molecule has 12 heteroatoms. The Morgan fingerprint density at radius 1 is 1.23 bits per heavy atom. The van der Waals surface area contributed by atoms with E-state index in [0.29, 0.717) is 13.0 Å². The molecule has 2 heterocycles. The molecule has 0 radical (unpaired) electrons. The summed E-state index contributed by atoms with van der Waals surface area (Å²) in [5, 5.41) is 12.6. The van der Waals surface area contributed by atoms with Crippen molar-refractivity contribution >= 4 is 28.3 Å². The van der Waals surface area contributed by atoms with Crippen molar-refractivity contribution in [1.82, 2.24) is 4.98 Å². The summed E-state index contributed by atoms with van der Waals surface area (Å²) in [6.45, 7) is 1.71. The molecule has 0 fully saturated rings. The molecule has 0 spiro atoms. The topological polar surface area (TPSA) is 88.5 Å². The molecule has 1 unspecified atom stereocenters. The maximum Gasteiger partial charge on any atom is 0.454 e. The summed E-state index contributed by atoms with van der Waals surface area (Å²) in [7, 11) is 0. The van der Waals surface area contributed by atoms with Crippen molar-refractivity contribution in [3.8, 4) is 0 Å². The molecule has 162 valence electrons. The number of nitrogens with one attached hydrogen (secondary N) is 1. The molecule has 2 aromatic rings. The standard InChI is InChI=1S/C18H14F6N2O4/c1-3-30-14(28)15(2)16(29,18(22,23)24)10-7-9(13(27)17(19,20)21)8-5-4-6-25-11(8)12(10)26-15/h4-7,26,29H,3H2,1-2H3/t15-,16?/m1/s1. The summed E-state index contributed by atoms with van der Waals surface area (Å²) in [5.41, 5.74) is -10.1. The number of esters is 1. The molecular formula is C18H14F6N2O4. The number of aliphatic hydroxyl groups is 1. The van der Waals surface area contributed by atoms with Crippen molar-refractivity contribution in [2.24, 2.45) is 0 Å². The minimum absolute atomic E-state index is 0.292. The van der Waals surface area contributed by atoms with E-state index in [-0.39, 0.29) is 6.61 Å². The Bertz CT molecular complexity index is 1050. The molecular weight excluding hydrogens is 422 g/mol. The first-order valence-corrected chi connectivity index (χ1v) is 8.48. The molecule has 0 bridgehead atoms. The van der Waals surface area contributed by atoms with Crippen LogP contribution in [0.15, 0.2) is 24.4 Å². The van der Waals surface area contributed by atoms with Gasteiger partial charge < -0.3 is 15.2 Å². The van der Waals surface area contributed by atoms with Gasteiger partial charge in [0.2, 0.25) is 5.60 Å². The van der Waals surface area contributed by atoms with Crippen LogP contribution in [0, 0.1) is 0 Å². The molecule has 30 heavy (non-hydrogen) atoms. The summed E-state index contributed by atoms with van der Waals surface area (Å²) in [5.74, 6) is -3.91. The predicted molar refractivity (Wildman–Crippen MR) is 90.7 cm³/mol. The van der Waals surface area contributed by atoms with Gasteiger partial charge in [-0.15, -0.1) is 0 Å². The Balaban J connectivity index is 2.43. The van der Waals surface area contributed by atoms with Crippen molar-refractivity contribution in [2.45, 2.75) is 37.3 Å². The lowest BCUT2D eigenvalue weighted by Crippen LogP contribution is -2.63. The number of aromatic nitrogens is 1. The van der Waals surface area contributed by atoms with Crippen LogP contribution in [0.1, 0.15) is 29.8 Å². The van der Waals surface area contributed by atoms with E-state index in [0.717, 1.165) is 12.3 Å². The lowest BCUT2D eigenvalue weighted by atomic mass is 9.78. The summed E-state index contributed by atoms with van der Waals surface area (Å²) in [6.07, 6.45) is -9.85. The largest absolute Gasteiger partial charge is 0.464 e. The van der Waals surface area contributed by atoms with Gasteiger partial charge in [-0.05, 0) is 26.0 Å². The molecule has 1 aliphatic heterocycles. The maximum absolute atomic E-state index is 14.1. The van der Waals surface area contributed by atoms with Gasteiger partial charge in [0.25, 0.3) is 5.78 Å². The van der Waals surface area contributed by atoms with E-state index in [1.807, 2.05) is 0 Å². The van der Waals surface area contributed by atoms with Crippen LogP contribution in [-0.2, 0) is 15.1 Å². The molecule has 1 aromatic heterocycles. The summed E-state index contributed by atoms with van der Waals surface area (Å²) in [4.78, 5) is 28.1. The number of pyridine rings is 1. The normalized spacial score (nSPS) is 23.8. The highest BCUT2D eigenvalue weighted by atomic mass is 19.4. The maximum atomic E-state index is 14.1. The molecule has 0 amide bonds. The van der Waals surface area contributed by atoms with Crippen molar-refractivity contribution in [1.29, 1.82) is 0 Å². The van der Waals surface area contributed by atoms with Gasteiger partial charge in [-0.2, -0.15) is 26.3 Å². The number of ketones is 1. The Hall–Kier alpha value is -2.89. The summed E-state index contributed by atoms with van der Waals surface area (Å²) < 4.78 is 86.1. The number of nitrogens with zero attached hydrogens (tertiary/aromatic N) is 1. The van der Waals surface area contributed by atoms with Crippen LogP contribution in [0.4, 0.5) is 32.0 Å². The number of rotatable bonds is 3. The minimum Gasteiger partial charge on any atom is -0.464 e. The smallest absolute Gasteiger partial charge is 0.454 e. The number of anilines is 1. The monoisotopic (exact) mass is 436 g/mol. The molecule has 0 saturated carbocycles. The predicted octanol–water partition coefficient (Wildman–Crippen LogP) is 3.48. The van der Waals surface area contributed by atoms with E-state index in [1.165, 1.54) is 13.0 Å². The zero-order valence-electron chi connectivity index (χ0n) is 15.4. The number of hydrogen-bond donors (Lipinski definition) is 2. The molecule has 2 atom stereocenters. The summed E-state index contributed by atoms with van der Waals surface area (Å²) >= 11 is 0. The Labute approximate surface area is 164 Å². The van der Waals surface area contributed by atoms with Crippen LogP contribution < -0.4 is 5.32 Å². The first-order chi connectivity index (χ1) is 13.7. The van der Waals surface area contributed by atoms with Crippen LogP contribution in [0.2, 0.25) is 0 Å². The van der Waals surface area contributed by atoms with E-state index in [4.69, 9.17) is 0 Å². The second kappa shape index (κ2) is 6.56. The van der Waals surface area contributed by atoms with Crippen molar-refractivity contribution < 1.29 is 45.8 Å². The highest BCUT2D eigenvalue weighted by molar-refractivity contribution is 6.14. The molecule has 1 aromatic carbocycles. The Morgan fingerprint density at radius 2 is 1.87 bits per heavy atom. The van der Waals surface area contributed by atoms with Crippen molar-refractivity contribution in [3.05, 3.63) is 35.5 Å². The number of carbonyl (C=O) groups is 2. The van der Waals surface area contributed by atoms with Gasteiger partial charge in [0, 0.05) is 22.7 Å². The Morgan fingerprint density at radius 3 is 2.40 bits per heavy atom. The zero-order chi connectivity index (χ0) is 22.7. The van der Waals surface area contributed by atoms with E-state index in [1.54, 1.807) is 0 Å². The first kappa shape index (κ1) is 21.8. The minimum atomic E-state index is -5.53. The molecule has 2 N–H and O–H groups in total. The summed E-state index contributed by atoms with van der Waals surface area (Å²) in [6, 6.07) is 2.55. The van der Waals surface area contributed by atoms with Crippen LogP contribution in [0.25, 0.3) is 10.9 Å². The van der Waals surface area contributed by atoms with Gasteiger partial charge in [0.1, 0.15) is 0 Å². The second-order valence-corrected chi connectivity index (χ2v) is 6.75. The SMILES string of the molecule is CCOC(=O)[C@@]1(C)Nc2c(cc(C(=O)C(F)(F)F)c3cccnc23)C1(O)C(F)(F)F. The fourth-order valence-electron chi connectivity index (χ4n) is 3.52. The Kier molecular flexibility index (Phi) is 4.77. The van der Waals surface area contributed by atoms with Crippen LogP contribution in [-0.4, -0.2) is 46.3 Å². The van der Waals surface area contributed by atoms with Gasteiger partial charge in [-0.1, -0.05) is 6.07 Å². The fourth-order valence-corrected chi connectivity index (χ4v) is 3.52. The lowest BCUT2D eigenvalue weighted by molar-refractivity contribution is -0.282. The van der Waals surface area contributed by atoms with Crippen LogP contribution in [0.3, 0.4) is 0 Å². The van der Waals surface area contributed by atoms with E-state index < -0.39 is 63.0 Å². The molecule has 3 rings (SSSR count). The van der Waals surface area contributed by atoms with E-state index in [9.17, 15) is 41.0 Å². The number of hydrogen-bond acceptors (Lipinski definition) is 6. The number of halogens is 6. The number of ether oxygens (including phenoxy) is 1. The lowest BCUT2D eigenvalue weighted by Gasteiger charge is -2.38. The average Bonchev–Trinajstić information content (AvgIpc) is 2.89. The van der Waals surface area contributed by atoms with Gasteiger partial charge in [-0.25, -0.2) is 4.79 Å². The van der Waals surface area contributed by atoms with Crippen LogP contribution >= 0.6 is 0 Å². The number of Topliss-reactive ketones (excluding diaryl/α,β-unsaturated/α-hetero) is 1. The fraction of sp³-hybridized carbons (Fsp3) is 0.389. The van der Waals surface area contributed by atoms with Crippen LogP contribution in [0.5, 0.6) is 0 Å². The highest BCUT2D eigenvalue weighted by Crippen LogP contribution is 2.56.